The highest BCUT2D eigenvalue weighted by Gasteiger charge is 2.38. The molecule has 0 saturated carbocycles. The number of hydrogen-bond acceptors (Lipinski definition) is 4. The van der Waals surface area contributed by atoms with E-state index in [0.29, 0.717) is 24.7 Å². The maximum absolute atomic E-state index is 13.3. The Hall–Kier alpha value is -3.82. The van der Waals surface area contributed by atoms with Gasteiger partial charge in [0.1, 0.15) is 12.1 Å². The van der Waals surface area contributed by atoms with E-state index in [-0.39, 0.29) is 12.1 Å². The molecule has 2 heterocycles. The fourth-order valence-corrected chi connectivity index (χ4v) is 5.27. The molecule has 2 amide bonds. The minimum Gasteiger partial charge on any atom is -0.352 e. The van der Waals surface area contributed by atoms with Gasteiger partial charge in [0, 0.05) is 42.2 Å². The van der Waals surface area contributed by atoms with Gasteiger partial charge in [0.2, 0.25) is 0 Å². The summed E-state index contributed by atoms with van der Waals surface area (Å²) in [5.41, 5.74) is 5.91. The standard InChI is InChI=1S/C30H30ClN5O/c1-5-21-6-8-23(9-7-21)24-16-26-27(17-24)32-19-33-28(26)35-14-15-36(30(3,4)18-35)29(37)34-20(2)22-10-12-25(31)13-11-22/h1,6-13,16,19-20H,14-15,17-18H2,2-4H3,(H,34,37)/t20-/m0/s1. The number of fused-ring (bicyclic) bond motifs is 1. The second-order valence-corrected chi connectivity index (χ2v) is 10.7. The minimum atomic E-state index is -0.393. The molecule has 1 N–H and O–H groups in total. The van der Waals surface area contributed by atoms with Crippen LogP contribution in [0.2, 0.25) is 5.02 Å². The zero-order chi connectivity index (χ0) is 26.2. The predicted octanol–water partition coefficient (Wildman–Crippen LogP) is 5.58. The van der Waals surface area contributed by atoms with Crippen LogP contribution in [0.25, 0.3) is 11.6 Å². The number of aromatic nitrogens is 2. The Kier molecular flexibility index (Phi) is 6.66. The SMILES string of the molecule is C#Cc1ccc(C2=Cc3c(ncnc3N3CCN(C(=O)N[C@@H](C)c4ccc(Cl)cc4)C(C)(C)C3)C2)cc1. The second-order valence-electron chi connectivity index (χ2n) is 10.2. The molecule has 1 atom stereocenters. The van der Waals surface area contributed by atoms with Gasteiger partial charge in [0.05, 0.1) is 17.3 Å². The fourth-order valence-electron chi connectivity index (χ4n) is 5.14. The van der Waals surface area contributed by atoms with E-state index in [1.807, 2.05) is 48.2 Å². The van der Waals surface area contributed by atoms with Gasteiger partial charge in [-0.05, 0) is 67.8 Å². The van der Waals surface area contributed by atoms with Crippen molar-refractivity contribution in [3.05, 3.63) is 87.8 Å². The van der Waals surface area contributed by atoms with Gasteiger partial charge >= 0.3 is 6.03 Å². The van der Waals surface area contributed by atoms with E-state index in [2.05, 4.69) is 58.2 Å². The summed E-state index contributed by atoms with van der Waals surface area (Å²) in [7, 11) is 0. The topological polar surface area (TPSA) is 61.4 Å². The van der Waals surface area contributed by atoms with Crippen LogP contribution < -0.4 is 10.2 Å². The van der Waals surface area contributed by atoms with Gasteiger partial charge in [-0.25, -0.2) is 14.8 Å². The summed E-state index contributed by atoms with van der Waals surface area (Å²) in [5, 5.41) is 3.83. The predicted molar refractivity (Wildman–Crippen MR) is 149 cm³/mol. The molecule has 1 aliphatic heterocycles. The summed E-state index contributed by atoms with van der Waals surface area (Å²) in [6, 6.07) is 15.4. The van der Waals surface area contributed by atoms with Gasteiger partial charge < -0.3 is 15.1 Å². The molecule has 2 aliphatic rings. The molecule has 0 unspecified atom stereocenters. The number of anilines is 1. The Bertz CT molecular complexity index is 1390. The summed E-state index contributed by atoms with van der Waals surface area (Å²) in [5.74, 6) is 3.59. The van der Waals surface area contributed by atoms with Crippen molar-refractivity contribution in [1.82, 2.24) is 20.2 Å². The van der Waals surface area contributed by atoms with Crippen LogP contribution in [0, 0.1) is 12.3 Å². The first-order valence-corrected chi connectivity index (χ1v) is 12.8. The van der Waals surface area contributed by atoms with Crippen molar-refractivity contribution < 1.29 is 4.79 Å². The van der Waals surface area contributed by atoms with E-state index in [1.165, 1.54) is 5.57 Å². The number of carbonyl (C=O) groups excluding carboxylic acids is 1. The van der Waals surface area contributed by atoms with Gasteiger partial charge in [-0.1, -0.05) is 41.8 Å². The molecule has 5 rings (SSSR count). The lowest BCUT2D eigenvalue weighted by Gasteiger charge is -2.47. The Labute approximate surface area is 223 Å². The number of allylic oxidation sites excluding steroid dienone is 1. The molecule has 0 radical (unpaired) electrons. The number of halogens is 1. The molecular weight excluding hydrogens is 482 g/mol. The Morgan fingerprint density at radius 1 is 1.11 bits per heavy atom. The molecule has 6 nitrogen and oxygen atoms in total. The lowest BCUT2D eigenvalue weighted by atomic mass is 9.98. The highest BCUT2D eigenvalue weighted by atomic mass is 35.5. The van der Waals surface area contributed by atoms with Crippen molar-refractivity contribution in [3.8, 4) is 12.3 Å². The molecule has 1 fully saturated rings. The van der Waals surface area contributed by atoms with Crippen LogP contribution in [0.15, 0.2) is 54.9 Å². The summed E-state index contributed by atoms with van der Waals surface area (Å²) in [6.07, 6.45) is 10.1. The Balaban J connectivity index is 1.31. The monoisotopic (exact) mass is 511 g/mol. The van der Waals surface area contributed by atoms with Crippen molar-refractivity contribution in [3.63, 3.8) is 0 Å². The quantitative estimate of drug-likeness (QED) is 0.464. The summed E-state index contributed by atoms with van der Waals surface area (Å²) in [4.78, 5) is 26.7. The van der Waals surface area contributed by atoms with Crippen molar-refractivity contribution in [2.24, 2.45) is 0 Å². The molecular formula is C30H30ClN5O. The smallest absolute Gasteiger partial charge is 0.318 e. The average molecular weight is 512 g/mol. The van der Waals surface area contributed by atoms with Crippen molar-refractivity contribution in [1.29, 1.82) is 0 Å². The number of benzene rings is 2. The van der Waals surface area contributed by atoms with E-state index in [4.69, 9.17) is 18.0 Å². The first kappa shape index (κ1) is 24.9. The number of hydrogen-bond donors (Lipinski definition) is 1. The molecule has 1 aromatic heterocycles. The molecule has 37 heavy (non-hydrogen) atoms. The van der Waals surface area contributed by atoms with E-state index >= 15 is 0 Å². The minimum absolute atomic E-state index is 0.0717. The van der Waals surface area contributed by atoms with E-state index in [1.54, 1.807) is 6.33 Å². The molecule has 1 aliphatic carbocycles. The van der Waals surface area contributed by atoms with Gasteiger partial charge in [-0.15, -0.1) is 6.42 Å². The van der Waals surface area contributed by atoms with Crippen LogP contribution >= 0.6 is 11.6 Å². The zero-order valence-corrected chi connectivity index (χ0v) is 22.1. The molecule has 0 bridgehead atoms. The van der Waals surface area contributed by atoms with Crippen LogP contribution in [0.1, 0.15) is 54.8 Å². The van der Waals surface area contributed by atoms with Gasteiger partial charge in [-0.2, -0.15) is 0 Å². The molecule has 2 aromatic carbocycles. The van der Waals surface area contributed by atoms with Crippen molar-refractivity contribution >= 4 is 35.1 Å². The number of urea groups is 1. The third kappa shape index (κ3) is 5.05. The summed E-state index contributed by atoms with van der Waals surface area (Å²) >= 11 is 6.01. The molecule has 0 spiro atoms. The molecule has 188 valence electrons. The van der Waals surface area contributed by atoms with Crippen LogP contribution in [0.5, 0.6) is 0 Å². The van der Waals surface area contributed by atoms with Crippen molar-refractivity contribution in [2.45, 2.75) is 38.8 Å². The normalized spacial score (nSPS) is 17.0. The highest BCUT2D eigenvalue weighted by Crippen LogP contribution is 2.36. The third-order valence-electron chi connectivity index (χ3n) is 7.20. The summed E-state index contributed by atoms with van der Waals surface area (Å²) in [6.45, 7) is 8.13. The first-order valence-electron chi connectivity index (χ1n) is 12.5. The Morgan fingerprint density at radius 3 is 2.51 bits per heavy atom. The maximum atomic E-state index is 13.3. The number of amides is 2. The van der Waals surface area contributed by atoms with Crippen LogP contribution in [-0.4, -0.2) is 46.1 Å². The molecule has 3 aromatic rings. The molecule has 7 heteroatoms. The lowest BCUT2D eigenvalue weighted by Crippen LogP contribution is -2.63. The summed E-state index contributed by atoms with van der Waals surface area (Å²) < 4.78 is 0. The molecule has 1 saturated heterocycles. The number of nitrogens with one attached hydrogen (secondary N) is 1. The van der Waals surface area contributed by atoms with Gasteiger partial charge in [0.15, 0.2) is 0 Å². The average Bonchev–Trinajstić information content (AvgIpc) is 3.33. The fraction of sp³-hybridized carbons (Fsp3) is 0.300. The van der Waals surface area contributed by atoms with E-state index < -0.39 is 5.54 Å². The van der Waals surface area contributed by atoms with E-state index in [0.717, 1.165) is 40.2 Å². The first-order chi connectivity index (χ1) is 17.7. The number of carbonyl (C=O) groups is 1. The van der Waals surface area contributed by atoms with Gasteiger partial charge in [-0.3, -0.25) is 0 Å². The number of piperazine rings is 1. The third-order valence-corrected chi connectivity index (χ3v) is 7.45. The maximum Gasteiger partial charge on any atom is 0.318 e. The lowest BCUT2D eigenvalue weighted by molar-refractivity contribution is 0.121. The highest BCUT2D eigenvalue weighted by molar-refractivity contribution is 6.30. The van der Waals surface area contributed by atoms with Crippen LogP contribution in [0.3, 0.4) is 0 Å². The Morgan fingerprint density at radius 2 is 1.84 bits per heavy atom. The largest absolute Gasteiger partial charge is 0.352 e. The number of nitrogens with zero attached hydrogens (tertiary/aromatic N) is 4. The van der Waals surface area contributed by atoms with Crippen LogP contribution in [0.4, 0.5) is 10.6 Å². The van der Waals surface area contributed by atoms with Crippen molar-refractivity contribution in [2.75, 3.05) is 24.5 Å². The van der Waals surface area contributed by atoms with Crippen LogP contribution in [-0.2, 0) is 6.42 Å². The number of terminal acetylenes is 1. The second kappa shape index (κ2) is 9.91. The van der Waals surface area contributed by atoms with E-state index in [9.17, 15) is 4.79 Å². The zero-order valence-electron chi connectivity index (χ0n) is 21.3. The number of rotatable bonds is 4. The van der Waals surface area contributed by atoms with Gasteiger partial charge in [0.25, 0.3) is 0 Å².